The maximum Gasteiger partial charge on any atom is 0.416 e. The molecule has 2 N–H and O–H groups in total. The second kappa shape index (κ2) is 9.90. The van der Waals surface area contributed by atoms with E-state index in [1.54, 1.807) is 18.2 Å². The lowest BCUT2D eigenvalue weighted by molar-refractivity contribution is -0.137. The maximum absolute atomic E-state index is 13.2. The molecule has 0 unspecified atom stereocenters. The summed E-state index contributed by atoms with van der Waals surface area (Å²) in [5, 5.41) is 13.3. The third kappa shape index (κ3) is 6.00. The van der Waals surface area contributed by atoms with Gasteiger partial charge >= 0.3 is 6.18 Å². The van der Waals surface area contributed by atoms with Crippen LogP contribution in [0.15, 0.2) is 54.6 Å². The lowest BCUT2D eigenvalue weighted by Gasteiger charge is -2.16. The number of nitrogens with one attached hydrogen (secondary N) is 1. The highest BCUT2D eigenvalue weighted by Gasteiger charge is 2.31. The minimum Gasteiger partial charge on any atom is -0.507 e. The van der Waals surface area contributed by atoms with Gasteiger partial charge in [-0.25, -0.2) is 0 Å². The summed E-state index contributed by atoms with van der Waals surface area (Å²) in [5.74, 6) is -1.22. The number of ether oxygens (including phenoxy) is 1. The van der Waals surface area contributed by atoms with E-state index in [0.29, 0.717) is 16.5 Å². The van der Waals surface area contributed by atoms with Crippen molar-refractivity contribution in [1.29, 1.82) is 0 Å². The summed E-state index contributed by atoms with van der Waals surface area (Å²) >= 11 is 17.8. The average molecular weight is 505 g/mol. The normalized spacial score (nSPS) is 11.3. The van der Waals surface area contributed by atoms with Crippen LogP contribution >= 0.6 is 34.8 Å². The van der Waals surface area contributed by atoms with Crippen LogP contribution in [-0.2, 0) is 12.6 Å². The van der Waals surface area contributed by atoms with Crippen molar-refractivity contribution >= 4 is 46.4 Å². The van der Waals surface area contributed by atoms with Crippen LogP contribution in [0, 0.1) is 0 Å². The Balaban J connectivity index is 1.84. The van der Waals surface area contributed by atoms with Gasteiger partial charge in [0, 0.05) is 21.5 Å². The van der Waals surface area contributed by atoms with E-state index < -0.39 is 17.6 Å². The first kappa shape index (κ1) is 24.0. The molecular formula is C22H15Cl3F3NO3. The summed E-state index contributed by atoms with van der Waals surface area (Å²) < 4.78 is 45.2. The summed E-state index contributed by atoms with van der Waals surface area (Å²) in [6, 6.07) is 11.4. The number of rotatable bonds is 6. The largest absolute Gasteiger partial charge is 0.507 e. The standard InChI is InChI=1S/C22H15Cl3F3NO3/c23-14-4-5-19(30)16(10-14)21(31)29-18-9-13(22(26,27)28)2-6-20(18)32-8-7-12-1-3-15(24)11-17(12)25/h1-6,9-11,30H,7-8H2,(H,29,31). The smallest absolute Gasteiger partial charge is 0.416 e. The lowest BCUT2D eigenvalue weighted by Crippen LogP contribution is -2.15. The Bertz CT molecular complexity index is 1150. The number of hydrogen-bond acceptors (Lipinski definition) is 3. The fourth-order valence-corrected chi connectivity index (χ4v) is 3.48. The fourth-order valence-electron chi connectivity index (χ4n) is 2.81. The average Bonchev–Trinajstić information content (AvgIpc) is 2.71. The first-order valence-electron chi connectivity index (χ1n) is 9.12. The molecule has 3 rings (SSSR count). The van der Waals surface area contributed by atoms with Crippen LogP contribution in [0.2, 0.25) is 15.1 Å². The molecule has 0 spiro atoms. The highest BCUT2D eigenvalue weighted by molar-refractivity contribution is 6.35. The van der Waals surface area contributed by atoms with E-state index in [1.165, 1.54) is 18.2 Å². The summed E-state index contributed by atoms with van der Waals surface area (Å²) in [5.41, 5.74) is -0.658. The Hall–Kier alpha value is -2.61. The van der Waals surface area contributed by atoms with E-state index in [4.69, 9.17) is 39.5 Å². The van der Waals surface area contributed by atoms with Crippen LogP contribution in [0.3, 0.4) is 0 Å². The van der Waals surface area contributed by atoms with Crippen LogP contribution in [0.4, 0.5) is 18.9 Å². The molecule has 0 aromatic heterocycles. The first-order valence-corrected chi connectivity index (χ1v) is 10.3. The van der Waals surface area contributed by atoms with E-state index in [1.807, 2.05) is 0 Å². The minimum atomic E-state index is -4.63. The summed E-state index contributed by atoms with van der Waals surface area (Å²) in [4.78, 5) is 12.6. The number of carbonyl (C=O) groups is 1. The Morgan fingerprint density at radius 1 is 0.969 bits per heavy atom. The van der Waals surface area contributed by atoms with Crippen molar-refractivity contribution in [3.05, 3.63) is 86.4 Å². The van der Waals surface area contributed by atoms with Crippen molar-refractivity contribution in [2.24, 2.45) is 0 Å². The molecule has 1 amide bonds. The third-order valence-electron chi connectivity index (χ3n) is 4.40. The predicted molar refractivity (Wildman–Crippen MR) is 118 cm³/mol. The minimum absolute atomic E-state index is 0.0120. The molecular weight excluding hydrogens is 490 g/mol. The number of aromatic hydroxyl groups is 1. The molecule has 0 aliphatic carbocycles. The Kier molecular flexibility index (Phi) is 7.44. The van der Waals surface area contributed by atoms with E-state index >= 15 is 0 Å². The molecule has 0 radical (unpaired) electrons. The van der Waals surface area contributed by atoms with Gasteiger partial charge < -0.3 is 15.2 Å². The van der Waals surface area contributed by atoms with Gasteiger partial charge in [-0.3, -0.25) is 4.79 Å². The predicted octanol–water partition coefficient (Wildman–Crippen LogP) is 7.25. The van der Waals surface area contributed by atoms with Crippen molar-refractivity contribution in [2.45, 2.75) is 12.6 Å². The SMILES string of the molecule is O=C(Nc1cc(C(F)(F)F)ccc1OCCc1ccc(Cl)cc1Cl)c1cc(Cl)ccc1O. The van der Waals surface area contributed by atoms with Gasteiger partial charge in [0.2, 0.25) is 0 Å². The number of alkyl halides is 3. The molecule has 168 valence electrons. The molecule has 0 bridgehead atoms. The molecule has 10 heteroatoms. The molecule has 0 saturated heterocycles. The number of phenols is 1. The van der Waals surface area contributed by atoms with Gasteiger partial charge in [-0.05, 0) is 54.1 Å². The number of carbonyl (C=O) groups excluding carboxylic acids is 1. The zero-order chi connectivity index (χ0) is 23.5. The van der Waals surface area contributed by atoms with Crippen LogP contribution in [0.25, 0.3) is 0 Å². The molecule has 0 atom stereocenters. The molecule has 0 aliphatic rings. The van der Waals surface area contributed by atoms with Gasteiger partial charge in [0.15, 0.2) is 0 Å². The molecule has 4 nitrogen and oxygen atoms in total. The van der Waals surface area contributed by atoms with Crippen LogP contribution in [0.5, 0.6) is 11.5 Å². The second-order valence-electron chi connectivity index (χ2n) is 6.66. The zero-order valence-electron chi connectivity index (χ0n) is 16.1. The number of hydrogen-bond donors (Lipinski definition) is 2. The number of benzene rings is 3. The maximum atomic E-state index is 13.2. The van der Waals surface area contributed by atoms with Gasteiger partial charge in [0.05, 0.1) is 23.4 Å². The van der Waals surface area contributed by atoms with E-state index in [2.05, 4.69) is 5.32 Å². The molecule has 0 aliphatic heterocycles. The number of phenolic OH excluding ortho intramolecular Hbond substituents is 1. The van der Waals surface area contributed by atoms with Crippen LogP contribution in [0.1, 0.15) is 21.5 Å². The van der Waals surface area contributed by atoms with Crippen molar-refractivity contribution < 1.29 is 27.8 Å². The monoisotopic (exact) mass is 503 g/mol. The quantitative estimate of drug-likeness (QED) is 0.372. The number of halogens is 6. The Morgan fingerprint density at radius 3 is 2.34 bits per heavy atom. The highest BCUT2D eigenvalue weighted by atomic mass is 35.5. The van der Waals surface area contributed by atoms with Crippen LogP contribution in [-0.4, -0.2) is 17.6 Å². The fraction of sp³-hybridized carbons (Fsp3) is 0.136. The first-order chi connectivity index (χ1) is 15.0. The van der Waals surface area contributed by atoms with Gasteiger partial charge in [-0.2, -0.15) is 13.2 Å². The zero-order valence-corrected chi connectivity index (χ0v) is 18.4. The lowest BCUT2D eigenvalue weighted by atomic mass is 10.1. The van der Waals surface area contributed by atoms with Crippen molar-refractivity contribution in [3.63, 3.8) is 0 Å². The van der Waals surface area contributed by atoms with Crippen molar-refractivity contribution in [3.8, 4) is 11.5 Å². The topological polar surface area (TPSA) is 58.6 Å². The van der Waals surface area contributed by atoms with E-state index in [-0.39, 0.29) is 34.4 Å². The van der Waals surface area contributed by atoms with Crippen LogP contribution < -0.4 is 10.1 Å². The third-order valence-corrected chi connectivity index (χ3v) is 5.22. The van der Waals surface area contributed by atoms with Gasteiger partial charge in [-0.15, -0.1) is 0 Å². The number of anilines is 1. The molecule has 32 heavy (non-hydrogen) atoms. The Morgan fingerprint density at radius 2 is 1.66 bits per heavy atom. The van der Waals surface area contributed by atoms with Gasteiger partial charge in [0.25, 0.3) is 5.91 Å². The second-order valence-corrected chi connectivity index (χ2v) is 7.94. The molecule has 3 aromatic carbocycles. The molecule has 0 saturated carbocycles. The summed E-state index contributed by atoms with van der Waals surface area (Å²) in [6.07, 6.45) is -4.29. The van der Waals surface area contributed by atoms with Crippen molar-refractivity contribution in [2.75, 3.05) is 11.9 Å². The Labute approximate surface area is 196 Å². The molecule has 3 aromatic rings. The van der Waals surface area contributed by atoms with E-state index in [9.17, 15) is 23.1 Å². The van der Waals surface area contributed by atoms with Gasteiger partial charge in [0.1, 0.15) is 11.5 Å². The summed E-state index contributed by atoms with van der Waals surface area (Å²) in [6.45, 7) is 0.0675. The molecule has 0 heterocycles. The highest BCUT2D eigenvalue weighted by Crippen LogP contribution is 2.36. The summed E-state index contributed by atoms with van der Waals surface area (Å²) in [7, 11) is 0. The van der Waals surface area contributed by atoms with Gasteiger partial charge in [-0.1, -0.05) is 40.9 Å². The number of amides is 1. The van der Waals surface area contributed by atoms with E-state index in [0.717, 1.165) is 23.8 Å². The van der Waals surface area contributed by atoms with Crippen molar-refractivity contribution in [1.82, 2.24) is 0 Å². The molecule has 0 fully saturated rings.